The van der Waals surface area contributed by atoms with E-state index in [-0.39, 0.29) is 10.9 Å². The third-order valence-corrected chi connectivity index (χ3v) is 5.40. The number of likely N-dealkylation sites (tertiary alicyclic amines) is 1. The van der Waals surface area contributed by atoms with E-state index in [1.165, 1.54) is 0 Å². The molecule has 0 bridgehead atoms. The van der Waals surface area contributed by atoms with Gasteiger partial charge in [-0.1, -0.05) is 0 Å². The molecule has 0 amide bonds. The number of hydrogen-bond donors (Lipinski definition) is 2. The molecule has 0 aliphatic carbocycles. The minimum absolute atomic E-state index is 0.0205. The molecule has 2 saturated heterocycles. The second-order valence-corrected chi connectivity index (χ2v) is 6.73. The Kier molecular flexibility index (Phi) is 4.00. The number of carbonyl (C=O) groups is 1. The van der Waals surface area contributed by atoms with Gasteiger partial charge in [0.05, 0.1) is 4.87 Å². The lowest BCUT2D eigenvalue weighted by Crippen LogP contribution is -2.45. The fraction of sp³-hybridized carbons (Fsp3) is 0.917. The maximum Gasteiger partial charge on any atom is 0.321 e. The van der Waals surface area contributed by atoms with Gasteiger partial charge in [0.2, 0.25) is 0 Å². The Morgan fingerprint density at radius 3 is 2.82 bits per heavy atom. The quantitative estimate of drug-likeness (QED) is 0.783. The van der Waals surface area contributed by atoms with E-state index < -0.39 is 5.97 Å². The molecule has 1 spiro atoms. The molecule has 4 nitrogen and oxygen atoms in total. The minimum atomic E-state index is -0.709. The Balaban J connectivity index is 1.97. The Labute approximate surface area is 107 Å². The third-order valence-electron chi connectivity index (χ3n) is 3.82. The smallest absolute Gasteiger partial charge is 0.321 e. The van der Waals surface area contributed by atoms with Crippen molar-refractivity contribution in [2.45, 2.75) is 50.1 Å². The van der Waals surface area contributed by atoms with Gasteiger partial charge in [0.25, 0.3) is 0 Å². The molecule has 2 heterocycles. The van der Waals surface area contributed by atoms with Gasteiger partial charge in [0.15, 0.2) is 0 Å². The molecule has 5 heteroatoms. The molecule has 2 rings (SSSR count). The first kappa shape index (κ1) is 13.2. The predicted molar refractivity (Wildman–Crippen MR) is 70.3 cm³/mol. The van der Waals surface area contributed by atoms with E-state index in [0.717, 1.165) is 32.4 Å². The molecule has 2 N–H and O–H groups in total. The van der Waals surface area contributed by atoms with Crippen LogP contribution in [0.4, 0.5) is 0 Å². The summed E-state index contributed by atoms with van der Waals surface area (Å²) in [6.45, 7) is 6.67. The molecular formula is C12H22N2O2S. The summed E-state index contributed by atoms with van der Waals surface area (Å²) in [5.41, 5.74) is 0. The zero-order valence-corrected chi connectivity index (χ0v) is 11.4. The summed E-state index contributed by atoms with van der Waals surface area (Å²) in [7, 11) is 0. The number of carboxylic acids is 1. The summed E-state index contributed by atoms with van der Waals surface area (Å²) in [5.74, 6) is -0.00358. The normalized spacial score (nSPS) is 35.4. The predicted octanol–water partition coefficient (Wildman–Crippen LogP) is 1.37. The monoisotopic (exact) mass is 258 g/mol. The summed E-state index contributed by atoms with van der Waals surface area (Å²) in [4.78, 5) is 13.5. The number of nitrogens with one attached hydrogen (secondary N) is 1. The zero-order valence-electron chi connectivity index (χ0n) is 10.6. The average Bonchev–Trinajstić information content (AvgIpc) is 2.55. The van der Waals surface area contributed by atoms with Crippen LogP contribution < -0.4 is 5.32 Å². The van der Waals surface area contributed by atoms with Gasteiger partial charge in [-0.15, -0.1) is 11.8 Å². The first-order valence-corrected chi connectivity index (χ1v) is 7.39. The molecule has 98 valence electrons. The van der Waals surface area contributed by atoms with Crippen LogP contribution in [-0.2, 0) is 4.79 Å². The number of aliphatic carboxylic acids is 1. The molecule has 2 aliphatic rings. The molecule has 0 aromatic carbocycles. The van der Waals surface area contributed by atoms with Gasteiger partial charge in [-0.2, -0.15) is 0 Å². The van der Waals surface area contributed by atoms with E-state index in [1.54, 1.807) is 0 Å². The fourth-order valence-electron chi connectivity index (χ4n) is 2.71. The van der Waals surface area contributed by atoms with Crippen LogP contribution in [0.15, 0.2) is 0 Å². The van der Waals surface area contributed by atoms with Crippen LogP contribution >= 0.6 is 11.8 Å². The van der Waals surface area contributed by atoms with Gasteiger partial charge in [-0.25, -0.2) is 0 Å². The third kappa shape index (κ3) is 2.95. The Morgan fingerprint density at radius 2 is 2.24 bits per heavy atom. The molecule has 2 aliphatic heterocycles. The first-order valence-electron chi connectivity index (χ1n) is 6.41. The lowest BCUT2D eigenvalue weighted by molar-refractivity contribution is -0.138. The lowest BCUT2D eigenvalue weighted by Gasteiger charge is -2.28. The van der Waals surface area contributed by atoms with Crippen LogP contribution in [0.2, 0.25) is 0 Å². The van der Waals surface area contributed by atoms with E-state index >= 15 is 0 Å². The van der Waals surface area contributed by atoms with E-state index in [1.807, 2.05) is 11.8 Å². The summed E-state index contributed by atoms with van der Waals surface area (Å²) in [5, 5.41) is 12.4. The molecule has 0 aromatic heterocycles. The first-order chi connectivity index (χ1) is 8.02. The summed E-state index contributed by atoms with van der Waals surface area (Å²) < 4.78 is 0. The second-order valence-electron chi connectivity index (χ2n) is 5.32. The summed E-state index contributed by atoms with van der Waals surface area (Å²) in [6, 6.07) is 0.234. The lowest BCUT2D eigenvalue weighted by atomic mass is 10.1. The minimum Gasteiger partial charge on any atom is -0.480 e. The second kappa shape index (κ2) is 5.16. The van der Waals surface area contributed by atoms with Crippen LogP contribution in [0.25, 0.3) is 0 Å². The number of carboxylic acid groups (broad SMARTS) is 1. The Morgan fingerprint density at radius 1 is 1.47 bits per heavy atom. The van der Waals surface area contributed by atoms with E-state index in [9.17, 15) is 4.79 Å². The Bertz CT molecular complexity index is 298. The molecular weight excluding hydrogens is 236 g/mol. The molecule has 0 aromatic rings. The fourth-order valence-corrected chi connectivity index (χ4v) is 4.17. The highest BCUT2D eigenvalue weighted by Gasteiger charge is 2.42. The van der Waals surface area contributed by atoms with Crippen LogP contribution in [0.3, 0.4) is 0 Å². The van der Waals surface area contributed by atoms with Crippen molar-refractivity contribution in [1.82, 2.24) is 10.2 Å². The maximum absolute atomic E-state index is 11.0. The van der Waals surface area contributed by atoms with Crippen LogP contribution in [0.5, 0.6) is 0 Å². The standard InChI is InChI=1S/C12H22N2O2S/c1-9(2)14-6-3-4-12(5-7-14)13-10(8-17-12)11(15)16/h9-10,13H,3-8H2,1-2H3,(H,15,16)/t10-,12?/m0/s1. The molecule has 17 heavy (non-hydrogen) atoms. The van der Waals surface area contributed by atoms with Crippen LogP contribution in [-0.4, -0.2) is 51.8 Å². The highest BCUT2D eigenvalue weighted by molar-refractivity contribution is 8.00. The van der Waals surface area contributed by atoms with E-state index in [2.05, 4.69) is 24.1 Å². The summed E-state index contributed by atoms with van der Waals surface area (Å²) in [6.07, 6.45) is 3.30. The zero-order chi connectivity index (χ0) is 12.5. The van der Waals surface area contributed by atoms with Crippen molar-refractivity contribution in [3.05, 3.63) is 0 Å². The topological polar surface area (TPSA) is 52.6 Å². The van der Waals surface area contributed by atoms with Crippen molar-refractivity contribution >= 4 is 17.7 Å². The number of rotatable bonds is 2. The van der Waals surface area contributed by atoms with Gasteiger partial charge >= 0.3 is 5.97 Å². The summed E-state index contributed by atoms with van der Waals surface area (Å²) >= 11 is 1.81. The highest BCUT2D eigenvalue weighted by Crippen LogP contribution is 2.39. The van der Waals surface area contributed by atoms with Gasteiger partial charge in [0, 0.05) is 18.3 Å². The van der Waals surface area contributed by atoms with Gasteiger partial charge in [0.1, 0.15) is 6.04 Å². The van der Waals surface area contributed by atoms with E-state index in [4.69, 9.17) is 5.11 Å². The van der Waals surface area contributed by atoms with Crippen molar-refractivity contribution in [2.75, 3.05) is 18.8 Å². The molecule has 1 unspecified atom stereocenters. The largest absolute Gasteiger partial charge is 0.480 e. The average molecular weight is 258 g/mol. The van der Waals surface area contributed by atoms with Crippen LogP contribution in [0, 0.1) is 0 Å². The van der Waals surface area contributed by atoms with Crippen molar-refractivity contribution in [2.24, 2.45) is 0 Å². The molecule has 0 saturated carbocycles. The number of nitrogens with zero attached hydrogens (tertiary/aromatic N) is 1. The van der Waals surface area contributed by atoms with Gasteiger partial charge in [-0.05, 0) is 39.7 Å². The number of thioether (sulfide) groups is 1. The Hall–Kier alpha value is -0.260. The van der Waals surface area contributed by atoms with Crippen molar-refractivity contribution in [3.8, 4) is 0 Å². The molecule has 2 atom stereocenters. The van der Waals surface area contributed by atoms with Crippen molar-refractivity contribution < 1.29 is 9.90 Å². The van der Waals surface area contributed by atoms with Gasteiger partial charge in [-0.3, -0.25) is 10.1 Å². The molecule has 0 radical (unpaired) electrons. The van der Waals surface area contributed by atoms with Crippen molar-refractivity contribution in [1.29, 1.82) is 0 Å². The SMILES string of the molecule is CC(C)N1CCCC2(CC1)N[C@H](C(=O)O)CS2. The number of hydrogen-bond acceptors (Lipinski definition) is 4. The van der Waals surface area contributed by atoms with Crippen LogP contribution in [0.1, 0.15) is 33.1 Å². The highest BCUT2D eigenvalue weighted by atomic mass is 32.2. The maximum atomic E-state index is 11.0. The molecule has 2 fully saturated rings. The van der Waals surface area contributed by atoms with E-state index in [0.29, 0.717) is 11.8 Å². The van der Waals surface area contributed by atoms with Crippen molar-refractivity contribution in [3.63, 3.8) is 0 Å². The van der Waals surface area contributed by atoms with Gasteiger partial charge < -0.3 is 10.0 Å².